The zero-order valence-corrected chi connectivity index (χ0v) is 13.2. The van der Waals surface area contributed by atoms with Crippen LogP contribution in [-0.2, 0) is 0 Å². The van der Waals surface area contributed by atoms with Gasteiger partial charge >= 0.3 is 0 Å². The van der Waals surface area contributed by atoms with E-state index in [2.05, 4.69) is 25.9 Å². The SMILES string of the molecule is O=C(c1ccc(Br)cn1)N1CCC(Oc2cccc(F)n2)C1. The van der Waals surface area contributed by atoms with E-state index in [9.17, 15) is 9.18 Å². The van der Waals surface area contributed by atoms with Crippen LogP contribution in [0.25, 0.3) is 0 Å². The summed E-state index contributed by atoms with van der Waals surface area (Å²) in [4.78, 5) is 21.8. The van der Waals surface area contributed by atoms with E-state index in [-0.39, 0.29) is 17.9 Å². The molecule has 1 fully saturated rings. The van der Waals surface area contributed by atoms with Gasteiger partial charge in [0.25, 0.3) is 5.91 Å². The molecule has 0 saturated carbocycles. The molecule has 3 heterocycles. The predicted octanol–water partition coefficient (Wildman–Crippen LogP) is 2.67. The second-order valence-electron chi connectivity index (χ2n) is 4.94. The van der Waals surface area contributed by atoms with Crippen LogP contribution in [0.15, 0.2) is 41.0 Å². The quantitative estimate of drug-likeness (QED) is 0.784. The van der Waals surface area contributed by atoms with E-state index < -0.39 is 5.95 Å². The second-order valence-corrected chi connectivity index (χ2v) is 5.86. The third-order valence-corrected chi connectivity index (χ3v) is 3.82. The van der Waals surface area contributed by atoms with Gasteiger partial charge in [0.15, 0.2) is 0 Å². The zero-order valence-electron chi connectivity index (χ0n) is 11.6. The number of likely N-dealkylation sites (tertiary alicyclic amines) is 1. The average molecular weight is 366 g/mol. The Labute approximate surface area is 135 Å². The number of carbonyl (C=O) groups excluding carboxylic acids is 1. The van der Waals surface area contributed by atoms with Gasteiger partial charge in [-0.25, -0.2) is 4.98 Å². The first-order valence-electron chi connectivity index (χ1n) is 6.82. The van der Waals surface area contributed by atoms with E-state index in [1.807, 2.05) is 0 Å². The summed E-state index contributed by atoms with van der Waals surface area (Å²) < 4.78 is 19.5. The van der Waals surface area contributed by atoms with Crippen molar-refractivity contribution in [2.24, 2.45) is 0 Å². The third kappa shape index (κ3) is 3.41. The summed E-state index contributed by atoms with van der Waals surface area (Å²) in [5.74, 6) is -0.477. The smallest absolute Gasteiger partial charge is 0.272 e. The molecule has 5 nitrogen and oxygen atoms in total. The van der Waals surface area contributed by atoms with E-state index in [1.165, 1.54) is 6.07 Å². The van der Waals surface area contributed by atoms with Gasteiger partial charge < -0.3 is 9.64 Å². The number of carbonyl (C=O) groups is 1. The van der Waals surface area contributed by atoms with Gasteiger partial charge in [-0.3, -0.25) is 4.79 Å². The maximum atomic E-state index is 13.0. The molecule has 1 unspecified atom stereocenters. The highest BCUT2D eigenvalue weighted by molar-refractivity contribution is 9.10. The largest absolute Gasteiger partial charge is 0.472 e. The molecule has 0 radical (unpaired) electrons. The van der Waals surface area contributed by atoms with Crippen LogP contribution in [0.2, 0.25) is 0 Å². The van der Waals surface area contributed by atoms with Crippen molar-refractivity contribution >= 4 is 21.8 Å². The minimum Gasteiger partial charge on any atom is -0.472 e. The van der Waals surface area contributed by atoms with E-state index in [0.717, 1.165) is 4.47 Å². The first kappa shape index (κ1) is 14.9. The molecule has 1 saturated heterocycles. The topological polar surface area (TPSA) is 55.3 Å². The van der Waals surface area contributed by atoms with Gasteiger partial charge in [0.2, 0.25) is 11.8 Å². The van der Waals surface area contributed by atoms with Crippen LogP contribution in [0, 0.1) is 5.95 Å². The highest BCUT2D eigenvalue weighted by Gasteiger charge is 2.29. The molecule has 0 spiro atoms. The summed E-state index contributed by atoms with van der Waals surface area (Å²) in [6.07, 6.45) is 2.09. The molecule has 1 aliphatic rings. The van der Waals surface area contributed by atoms with Crippen LogP contribution >= 0.6 is 15.9 Å². The molecule has 0 aromatic carbocycles. The lowest BCUT2D eigenvalue weighted by molar-refractivity contribution is 0.0765. The van der Waals surface area contributed by atoms with Crippen molar-refractivity contribution in [3.8, 4) is 5.88 Å². The molecule has 114 valence electrons. The normalized spacial score (nSPS) is 17.5. The van der Waals surface area contributed by atoms with E-state index in [0.29, 0.717) is 25.2 Å². The minimum atomic E-state index is -0.581. The van der Waals surface area contributed by atoms with Gasteiger partial charge in [-0.05, 0) is 34.1 Å². The summed E-state index contributed by atoms with van der Waals surface area (Å²) in [7, 11) is 0. The number of nitrogens with zero attached hydrogens (tertiary/aromatic N) is 3. The Morgan fingerprint density at radius 2 is 2.23 bits per heavy atom. The Morgan fingerprint density at radius 3 is 2.95 bits per heavy atom. The van der Waals surface area contributed by atoms with Crippen molar-refractivity contribution < 1.29 is 13.9 Å². The van der Waals surface area contributed by atoms with Crippen molar-refractivity contribution in [1.29, 1.82) is 0 Å². The van der Waals surface area contributed by atoms with E-state index >= 15 is 0 Å². The molecule has 3 rings (SSSR count). The summed E-state index contributed by atoms with van der Waals surface area (Å²) in [6, 6.07) is 7.86. The van der Waals surface area contributed by atoms with Crippen LogP contribution in [0.1, 0.15) is 16.9 Å². The lowest BCUT2D eigenvalue weighted by Gasteiger charge is -2.16. The molecule has 0 N–H and O–H groups in total. The van der Waals surface area contributed by atoms with Gasteiger partial charge in [0.05, 0.1) is 6.54 Å². The number of ether oxygens (including phenoxy) is 1. The predicted molar refractivity (Wildman–Crippen MR) is 81.1 cm³/mol. The number of pyridine rings is 2. The maximum Gasteiger partial charge on any atom is 0.272 e. The van der Waals surface area contributed by atoms with Gasteiger partial charge in [0, 0.05) is 29.7 Å². The number of aromatic nitrogens is 2. The van der Waals surface area contributed by atoms with Gasteiger partial charge in [-0.1, -0.05) is 6.07 Å². The fourth-order valence-corrected chi connectivity index (χ4v) is 2.53. The van der Waals surface area contributed by atoms with Gasteiger partial charge in [-0.2, -0.15) is 9.37 Å². The molecule has 1 amide bonds. The summed E-state index contributed by atoms with van der Waals surface area (Å²) in [5, 5.41) is 0. The molecular formula is C15H13BrFN3O2. The molecule has 1 aliphatic heterocycles. The number of rotatable bonds is 3. The lowest BCUT2D eigenvalue weighted by atomic mass is 10.3. The van der Waals surface area contributed by atoms with Crippen LogP contribution in [0.4, 0.5) is 4.39 Å². The van der Waals surface area contributed by atoms with Crippen LogP contribution < -0.4 is 4.74 Å². The Hall–Kier alpha value is -2.02. The average Bonchev–Trinajstić information content (AvgIpc) is 2.96. The van der Waals surface area contributed by atoms with Gasteiger partial charge in [0.1, 0.15) is 11.8 Å². The Bertz CT molecular complexity index is 681. The minimum absolute atomic E-state index is 0.134. The highest BCUT2D eigenvalue weighted by Crippen LogP contribution is 2.18. The first-order chi connectivity index (χ1) is 10.6. The lowest BCUT2D eigenvalue weighted by Crippen LogP contribution is -2.31. The third-order valence-electron chi connectivity index (χ3n) is 3.36. The van der Waals surface area contributed by atoms with Crippen LogP contribution in [0.5, 0.6) is 5.88 Å². The number of halogens is 2. The summed E-state index contributed by atoms with van der Waals surface area (Å²) in [6.45, 7) is 1.02. The monoisotopic (exact) mass is 365 g/mol. The Morgan fingerprint density at radius 1 is 1.36 bits per heavy atom. The maximum absolute atomic E-state index is 13.0. The van der Waals surface area contributed by atoms with Crippen molar-refractivity contribution in [3.05, 3.63) is 52.6 Å². The fourth-order valence-electron chi connectivity index (χ4n) is 2.30. The molecule has 2 aromatic heterocycles. The molecule has 1 atom stereocenters. The van der Waals surface area contributed by atoms with Crippen molar-refractivity contribution in [1.82, 2.24) is 14.9 Å². The fraction of sp³-hybridized carbons (Fsp3) is 0.267. The molecule has 22 heavy (non-hydrogen) atoms. The molecule has 2 aromatic rings. The Balaban J connectivity index is 1.62. The molecule has 7 heteroatoms. The number of hydrogen-bond acceptors (Lipinski definition) is 4. The highest BCUT2D eigenvalue weighted by atomic mass is 79.9. The van der Waals surface area contributed by atoms with Crippen LogP contribution in [-0.4, -0.2) is 40.0 Å². The second kappa shape index (κ2) is 6.39. The van der Waals surface area contributed by atoms with Crippen molar-refractivity contribution in [3.63, 3.8) is 0 Å². The van der Waals surface area contributed by atoms with Gasteiger partial charge in [-0.15, -0.1) is 0 Å². The number of amides is 1. The first-order valence-corrected chi connectivity index (χ1v) is 7.61. The Kier molecular flexibility index (Phi) is 4.33. The van der Waals surface area contributed by atoms with E-state index in [1.54, 1.807) is 35.4 Å². The molecule has 0 bridgehead atoms. The molecule has 0 aliphatic carbocycles. The van der Waals surface area contributed by atoms with Crippen LogP contribution in [0.3, 0.4) is 0 Å². The number of hydrogen-bond donors (Lipinski definition) is 0. The standard InChI is InChI=1S/C15H13BrFN3O2/c16-10-4-5-12(18-8-10)15(21)20-7-6-11(9-20)22-14-3-1-2-13(17)19-14/h1-5,8,11H,6-7,9H2. The van der Waals surface area contributed by atoms with Crippen molar-refractivity contribution in [2.45, 2.75) is 12.5 Å². The summed E-state index contributed by atoms with van der Waals surface area (Å²) >= 11 is 3.29. The zero-order chi connectivity index (χ0) is 15.5. The molecular weight excluding hydrogens is 353 g/mol. The van der Waals surface area contributed by atoms with E-state index in [4.69, 9.17) is 4.74 Å². The van der Waals surface area contributed by atoms with Crippen molar-refractivity contribution in [2.75, 3.05) is 13.1 Å². The summed E-state index contributed by atoms with van der Waals surface area (Å²) in [5.41, 5.74) is 0.396.